The van der Waals surface area contributed by atoms with E-state index >= 15 is 0 Å². The minimum absolute atomic E-state index is 0.0665. The molecule has 1 aliphatic rings. The highest BCUT2D eigenvalue weighted by molar-refractivity contribution is 7.91. The zero-order valence-electron chi connectivity index (χ0n) is 14.0. The quantitative estimate of drug-likeness (QED) is 0.889. The molecule has 0 unspecified atom stereocenters. The minimum atomic E-state index is -3.09. The number of nitrogens with one attached hydrogen (secondary N) is 1. The van der Waals surface area contributed by atoms with Gasteiger partial charge in [0, 0.05) is 0 Å². The second-order valence-electron chi connectivity index (χ2n) is 6.23. The predicted molar refractivity (Wildman–Crippen MR) is 96.2 cm³/mol. The molecular weight excluding hydrogens is 338 g/mol. The van der Waals surface area contributed by atoms with Gasteiger partial charge in [-0.3, -0.25) is 4.79 Å². The summed E-state index contributed by atoms with van der Waals surface area (Å²) in [6.45, 7) is 0. The molecule has 0 aliphatic carbocycles. The molecule has 0 saturated carbocycles. The van der Waals surface area contributed by atoms with Gasteiger partial charge in [0.05, 0.1) is 30.6 Å². The van der Waals surface area contributed by atoms with Crippen LogP contribution in [0.15, 0.2) is 54.6 Å². The molecule has 6 heteroatoms. The van der Waals surface area contributed by atoms with Crippen molar-refractivity contribution in [2.75, 3.05) is 18.6 Å². The summed E-state index contributed by atoms with van der Waals surface area (Å²) in [4.78, 5) is 12.6. The van der Waals surface area contributed by atoms with Crippen molar-refractivity contribution in [3.63, 3.8) is 0 Å². The molecule has 1 saturated heterocycles. The Morgan fingerprint density at radius 3 is 2.28 bits per heavy atom. The Balaban J connectivity index is 1.85. The summed E-state index contributed by atoms with van der Waals surface area (Å²) < 4.78 is 28.5. The van der Waals surface area contributed by atoms with E-state index in [0.29, 0.717) is 6.42 Å². The van der Waals surface area contributed by atoms with Crippen molar-refractivity contribution in [1.29, 1.82) is 0 Å². The van der Waals surface area contributed by atoms with Crippen molar-refractivity contribution < 1.29 is 17.9 Å². The number of benzene rings is 2. The number of methoxy groups -OCH3 is 1. The summed E-state index contributed by atoms with van der Waals surface area (Å²) in [5.41, 5.74) is 1.86. The molecule has 132 valence electrons. The lowest BCUT2D eigenvalue weighted by Gasteiger charge is -2.22. The van der Waals surface area contributed by atoms with E-state index < -0.39 is 15.8 Å². The summed E-state index contributed by atoms with van der Waals surface area (Å²) in [6, 6.07) is 16.8. The molecule has 0 aromatic heterocycles. The molecule has 2 aromatic rings. The second-order valence-corrected chi connectivity index (χ2v) is 8.45. The lowest BCUT2D eigenvalue weighted by Crippen LogP contribution is -2.35. The van der Waals surface area contributed by atoms with Gasteiger partial charge in [-0.1, -0.05) is 42.5 Å². The molecule has 1 amide bonds. The first-order valence-electron chi connectivity index (χ1n) is 8.18. The van der Waals surface area contributed by atoms with Crippen molar-refractivity contribution in [1.82, 2.24) is 5.32 Å². The van der Waals surface area contributed by atoms with Gasteiger partial charge in [0.2, 0.25) is 5.91 Å². The second kappa shape index (κ2) is 7.27. The summed E-state index contributed by atoms with van der Waals surface area (Å²) in [6.07, 6.45) is 0.387. The highest BCUT2D eigenvalue weighted by Gasteiger charge is 2.34. The first-order chi connectivity index (χ1) is 12.0. The van der Waals surface area contributed by atoms with Crippen molar-refractivity contribution >= 4 is 15.7 Å². The predicted octanol–water partition coefficient (Wildman–Crippen LogP) is 2.34. The van der Waals surface area contributed by atoms with Crippen molar-refractivity contribution in [2.45, 2.75) is 12.5 Å². The van der Waals surface area contributed by atoms with Gasteiger partial charge in [0.25, 0.3) is 0 Å². The maximum Gasteiger partial charge on any atom is 0.224 e. The van der Waals surface area contributed by atoms with Gasteiger partial charge in [-0.05, 0) is 29.7 Å². The van der Waals surface area contributed by atoms with Crippen LogP contribution in [0.4, 0.5) is 0 Å². The maximum atomic E-state index is 12.6. The van der Waals surface area contributed by atoms with E-state index in [-0.39, 0.29) is 23.5 Å². The molecule has 0 spiro atoms. The van der Waals surface area contributed by atoms with Crippen molar-refractivity contribution in [3.8, 4) is 5.75 Å². The van der Waals surface area contributed by atoms with Gasteiger partial charge in [-0.25, -0.2) is 8.42 Å². The molecule has 25 heavy (non-hydrogen) atoms. The largest absolute Gasteiger partial charge is 0.497 e. The lowest BCUT2D eigenvalue weighted by atomic mass is 9.97. The van der Waals surface area contributed by atoms with E-state index in [1.54, 1.807) is 7.11 Å². The third-order valence-corrected chi connectivity index (χ3v) is 6.24. The Morgan fingerprint density at radius 2 is 1.72 bits per heavy atom. The monoisotopic (exact) mass is 359 g/mol. The Labute approximate surface area is 147 Å². The molecule has 1 heterocycles. The molecular formula is C19H21NO4S. The molecule has 1 fully saturated rings. The van der Waals surface area contributed by atoms with Gasteiger partial charge in [-0.15, -0.1) is 0 Å². The number of carbonyl (C=O) groups excluding carboxylic acids is 1. The van der Waals surface area contributed by atoms with E-state index in [1.807, 2.05) is 54.6 Å². The Hall–Kier alpha value is -2.34. The highest BCUT2D eigenvalue weighted by atomic mass is 32.2. The molecule has 0 radical (unpaired) electrons. The van der Waals surface area contributed by atoms with E-state index in [9.17, 15) is 13.2 Å². The van der Waals surface area contributed by atoms with E-state index in [2.05, 4.69) is 5.32 Å². The van der Waals surface area contributed by atoms with Crippen LogP contribution in [0, 0.1) is 5.92 Å². The van der Waals surface area contributed by atoms with E-state index in [1.165, 1.54) is 0 Å². The standard InChI is InChI=1S/C19H21NO4S/c1-24-17-9-7-15(8-10-17)18(14-5-3-2-4-6-14)20-19(21)16-11-12-25(22,23)13-16/h2-10,16,18H,11-13H2,1H3,(H,20,21)/t16-,18-/m0/s1. The average Bonchev–Trinajstić information content (AvgIpc) is 3.00. The zero-order valence-corrected chi connectivity index (χ0v) is 14.8. The number of amides is 1. The number of carbonyl (C=O) groups is 1. The van der Waals surface area contributed by atoms with Crippen molar-refractivity contribution in [2.24, 2.45) is 5.92 Å². The molecule has 3 rings (SSSR count). The van der Waals surface area contributed by atoms with Crippen molar-refractivity contribution in [3.05, 3.63) is 65.7 Å². The normalized spacial score (nSPS) is 20.0. The molecule has 0 bridgehead atoms. The van der Waals surface area contributed by atoms with E-state index in [0.717, 1.165) is 16.9 Å². The van der Waals surface area contributed by atoms with Gasteiger partial charge in [0.15, 0.2) is 9.84 Å². The van der Waals surface area contributed by atoms with Crippen LogP contribution >= 0.6 is 0 Å². The smallest absolute Gasteiger partial charge is 0.224 e. The third kappa shape index (κ3) is 4.20. The van der Waals surface area contributed by atoms with Gasteiger partial charge >= 0.3 is 0 Å². The summed E-state index contributed by atoms with van der Waals surface area (Å²) in [7, 11) is -1.49. The molecule has 2 atom stereocenters. The Kier molecular flexibility index (Phi) is 5.08. The van der Waals surface area contributed by atoms with Gasteiger partial charge in [0.1, 0.15) is 5.75 Å². The van der Waals surface area contributed by atoms with Gasteiger partial charge in [-0.2, -0.15) is 0 Å². The fourth-order valence-corrected chi connectivity index (χ4v) is 4.80. The molecule has 1 N–H and O–H groups in total. The minimum Gasteiger partial charge on any atom is -0.497 e. The number of sulfone groups is 1. The average molecular weight is 359 g/mol. The van der Waals surface area contributed by atoms with Crippen LogP contribution in [-0.4, -0.2) is 32.9 Å². The van der Waals surface area contributed by atoms with Crippen LogP contribution in [-0.2, 0) is 14.6 Å². The number of rotatable bonds is 5. The first-order valence-corrected chi connectivity index (χ1v) is 10.0. The maximum absolute atomic E-state index is 12.6. The zero-order chi connectivity index (χ0) is 17.9. The van der Waals surface area contributed by atoms with Crippen LogP contribution in [0.3, 0.4) is 0 Å². The van der Waals surface area contributed by atoms with Crippen LogP contribution in [0.2, 0.25) is 0 Å². The number of hydrogen-bond acceptors (Lipinski definition) is 4. The molecule has 1 aliphatic heterocycles. The molecule has 5 nitrogen and oxygen atoms in total. The number of ether oxygens (including phenoxy) is 1. The SMILES string of the molecule is COc1ccc([C@@H](NC(=O)[C@H]2CCS(=O)(=O)C2)c2ccccc2)cc1. The number of hydrogen-bond donors (Lipinski definition) is 1. The fraction of sp³-hybridized carbons (Fsp3) is 0.316. The Morgan fingerprint density at radius 1 is 1.08 bits per heavy atom. The topological polar surface area (TPSA) is 72.5 Å². The summed E-state index contributed by atoms with van der Waals surface area (Å²) in [5, 5.41) is 3.02. The Bertz CT molecular complexity index is 831. The molecule has 2 aromatic carbocycles. The summed E-state index contributed by atoms with van der Waals surface area (Å²) in [5.74, 6) is 0.0658. The van der Waals surface area contributed by atoms with Crippen LogP contribution in [0.1, 0.15) is 23.6 Å². The highest BCUT2D eigenvalue weighted by Crippen LogP contribution is 2.26. The van der Waals surface area contributed by atoms with Crippen LogP contribution in [0.25, 0.3) is 0 Å². The summed E-state index contributed by atoms with van der Waals surface area (Å²) >= 11 is 0. The van der Waals surface area contributed by atoms with E-state index in [4.69, 9.17) is 4.74 Å². The third-order valence-electron chi connectivity index (χ3n) is 4.47. The lowest BCUT2D eigenvalue weighted by molar-refractivity contribution is -0.124. The first kappa shape index (κ1) is 17.5. The van der Waals surface area contributed by atoms with Crippen LogP contribution in [0.5, 0.6) is 5.75 Å². The fourth-order valence-electron chi connectivity index (χ4n) is 3.06. The van der Waals surface area contributed by atoms with Gasteiger partial charge < -0.3 is 10.1 Å². The van der Waals surface area contributed by atoms with Crippen LogP contribution < -0.4 is 10.1 Å².